The molecule has 2 amide bonds. The number of sulfonamides is 1. The summed E-state index contributed by atoms with van der Waals surface area (Å²) >= 11 is 0. The zero-order chi connectivity index (χ0) is 28.7. The van der Waals surface area contributed by atoms with E-state index in [-0.39, 0.29) is 35.4 Å². The van der Waals surface area contributed by atoms with E-state index in [0.29, 0.717) is 0 Å². The van der Waals surface area contributed by atoms with Gasteiger partial charge in [-0.15, -0.1) is 0 Å². The lowest BCUT2D eigenvalue weighted by molar-refractivity contribution is -0.141. The first-order valence-corrected chi connectivity index (χ1v) is 15.0. The number of amides is 2. The van der Waals surface area contributed by atoms with E-state index in [1.807, 2.05) is 37.3 Å². The van der Waals surface area contributed by atoms with Crippen molar-refractivity contribution in [3.8, 4) is 0 Å². The number of hydrogen-bond donors (Lipinski definition) is 1. The van der Waals surface area contributed by atoms with Gasteiger partial charge in [0, 0.05) is 31.6 Å². The van der Waals surface area contributed by atoms with Crippen molar-refractivity contribution in [1.82, 2.24) is 14.5 Å². The highest BCUT2D eigenvalue weighted by Gasteiger charge is 2.34. The summed E-state index contributed by atoms with van der Waals surface area (Å²) in [5.41, 5.74) is 1.98. The largest absolute Gasteiger partial charge is 0.352 e. The topological polar surface area (TPSA) is 86.8 Å². The molecule has 212 valence electrons. The molecule has 3 aromatic rings. The molecule has 1 fully saturated rings. The van der Waals surface area contributed by atoms with Crippen LogP contribution in [0.2, 0.25) is 0 Å². The van der Waals surface area contributed by atoms with Crippen LogP contribution in [0.1, 0.15) is 42.4 Å². The van der Waals surface area contributed by atoms with Gasteiger partial charge in [-0.05, 0) is 43.5 Å². The average molecular weight is 566 g/mol. The molecule has 1 aliphatic carbocycles. The molecule has 0 aliphatic heterocycles. The fraction of sp³-hybridized carbons (Fsp3) is 0.355. The normalized spacial score (nSPS) is 14.7. The molecular formula is C31H36FN3O4S. The lowest BCUT2D eigenvalue weighted by atomic mass is 10.0. The Morgan fingerprint density at radius 1 is 0.950 bits per heavy atom. The zero-order valence-corrected chi connectivity index (χ0v) is 23.7. The molecule has 40 heavy (non-hydrogen) atoms. The number of rotatable bonds is 11. The van der Waals surface area contributed by atoms with Gasteiger partial charge in [0.15, 0.2) is 0 Å². The Morgan fingerprint density at radius 3 is 2.23 bits per heavy atom. The van der Waals surface area contributed by atoms with Gasteiger partial charge in [0.25, 0.3) is 0 Å². The third-order valence-electron chi connectivity index (χ3n) is 7.36. The van der Waals surface area contributed by atoms with Crippen LogP contribution in [0, 0.1) is 12.7 Å². The van der Waals surface area contributed by atoms with Crippen LogP contribution in [-0.4, -0.2) is 55.1 Å². The minimum absolute atomic E-state index is 0.0146. The van der Waals surface area contributed by atoms with Gasteiger partial charge in [-0.1, -0.05) is 79.1 Å². The number of hydrogen-bond acceptors (Lipinski definition) is 4. The summed E-state index contributed by atoms with van der Waals surface area (Å²) in [5.74, 6) is -1.43. The molecule has 0 unspecified atom stereocenters. The highest BCUT2D eigenvalue weighted by Crippen LogP contribution is 2.22. The number of carbonyl (C=O) groups is 2. The summed E-state index contributed by atoms with van der Waals surface area (Å²) in [6.07, 6.45) is 3.97. The third-order valence-corrected chi connectivity index (χ3v) is 9.18. The van der Waals surface area contributed by atoms with E-state index < -0.39 is 34.3 Å². The van der Waals surface area contributed by atoms with Gasteiger partial charge in [0.1, 0.15) is 11.9 Å². The molecule has 1 aliphatic rings. The third kappa shape index (κ3) is 7.34. The second kappa shape index (κ2) is 13.2. The number of nitrogens with one attached hydrogen (secondary N) is 1. The summed E-state index contributed by atoms with van der Waals surface area (Å²) in [6, 6.07) is 20.8. The maximum Gasteiger partial charge on any atom is 0.243 e. The maximum atomic E-state index is 14.8. The number of carbonyl (C=O) groups excluding carboxylic acids is 2. The molecule has 0 spiro atoms. The van der Waals surface area contributed by atoms with Crippen LogP contribution < -0.4 is 5.32 Å². The Bertz CT molecular complexity index is 1410. The first-order chi connectivity index (χ1) is 19.1. The fourth-order valence-electron chi connectivity index (χ4n) is 4.99. The highest BCUT2D eigenvalue weighted by molar-refractivity contribution is 7.89. The number of benzene rings is 3. The van der Waals surface area contributed by atoms with Crippen molar-refractivity contribution in [3.05, 3.63) is 101 Å². The standard InChI is InChI=1S/C31H36FN3O4S/c1-23-16-18-27(19-17-23)40(38,39)34(2)22-30(36)35(21-25-12-6-9-15-28(25)32)29(20-24-10-4-3-5-11-24)31(37)33-26-13-7-8-14-26/h3-6,9-12,15-19,26,29H,7-8,13-14,20-22H2,1-2H3,(H,33,37)/t29-/m0/s1. The zero-order valence-electron chi connectivity index (χ0n) is 22.9. The number of likely N-dealkylation sites (N-methyl/N-ethyl adjacent to an activating group) is 1. The van der Waals surface area contributed by atoms with Crippen molar-refractivity contribution >= 4 is 21.8 Å². The van der Waals surface area contributed by atoms with Gasteiger partial charge in [-0.2, -0.15) is 4.31 Å². The van der Waals surface area contributed by atoms with E-state index in [2.05, 4.69) is 5.32 Å². The van der Waals surface area contributed by atoms with E-state index in [4.69, 9.17) is 0 Å². The lowest BCUT2D eigenvalue weighted by Gasteiger charge is -2.33. The first-order valence-electron chi connectivity index (χ1n) is 13.6. The average Bonchev–Trinajstić information content (AvgIpc) is 3.45. The van der Waals surface area contributed by atoms with Crippen LogP contribution in [-0.2, 0) is 32.6 Å². The summed E-state index contributed by atoms with van der Waals surface area (Å²) in [4.78, 5) is 29.0. The van der Waals surface area contributed by atoms with Gasteiger partial charge in [-0.3, -0.25) is 9.59 Å². The molecule has 1 saturated carbocycles. The summed E-state index contributed by atoms with van der Waals surface area (Å²) < 4.78 is 42.3. The molecule has 1 atom stereocenters. The Labute approximate surface area is 236 Å². The van der Waals surface area contributed by atoms with Crippen molar-refractivity contribution < 1.29 is 22.4 Å². The van der Waals surface area contributed by atoms with Gasteiger partial charge >= 0.3 is 0 Å². The summed E-state index contributed by atoms with van der Waals surface area (Å²) in [7, 11) is -2.65. The van der Waals surface area contributed by atoms with E-state index in [1.54, 1.807) is 30.3 Å². The molecule has 0 heterocycles. The van der Waals surface area contributed by atoms with Crippen molar-refractivity contribution in [2.75, 3.05) is 13.6 Å². The lowest BCUT2D eigenvalue weighted by Crippen LogP contribution is -2.54. The molecule has 7 nitrogen and oxygen atoms in total. The van der Waals surface area contributed by atoms with Crippen LogP contribution in [0.5, 0.6) is 0 Å². The molecule has 0 aromatic heterocycles. The molecule has 0 bridgehead atoms. The van der Waals surface area contributed by atoms with E-state index in [1.165, 1.54) is 30.1 Å². The molecule has 4 rings (SSSR count). The van der Waals surface area contributed by atoms with Gasteiger partial charge in [0.05, 0.1) is 11.4 Å². The smallest absolute Gasteiger partial charge is 0.243 e. The van der Waals surface area contributed by atoms with Crippen LogP contribution in [0.4, 0.5) is 4.39 Å². The van der Waals surface area contributed by atoms with Crippen LogP contribution in [0.3, 0.4) is 0 Å². The molecule has 3 aromatic carbocycles. The van der Waals surface area contributed by atoms with Crippen LogP contribution in [0.25, 0.3) is 0 Å². The van der Waals surface area contributed by atoms with E-state index >= 15 is 0 Å². The molecule has 0 radical (unpaired) electrons. The quantitative estimate of drug-likeness (QED) is 0.372. The van der Waals surface area contributed by atoms with Crippen molar-refractivity contribution in [2.45, 2.75) is 62.6 Å². The second-order valence-electron chi connectivity index (χ2n) is 10.4. The summed E-state index contributed by atoms with van der Waals surface area (Å²) in [6.45, 7) is 1.17. The molecule has 9 heteroatoms. The number of halogens is 1. The Balaban J connectivity index is 1.66. The Morgan fingerprint density at radius 2 is 1.57 bits per heavy atom. The maximum absolute atomic E-state index is 14.8. The highest BCUT2D eigenvalue weighted by atomic mass is 32.2. The minimum atomic E-state index is -3.98. The van der Waals surface area contributed by atoms with Gasteiger partial charge in [-0.25, -0.2) is 12.8 Å². The fourth-order valence-corrected chi connectivity index (χ4v) is 6.11. The monoisotopic (exact) mass is 565 g/mol. The van der Waals surface area contributed by atoms with Crippen molar-refractivity contribution in [1.29, 1.82) is 0 Å². The number of aryl methyl sites for hydroxylation is 1. The van der Waals surface area contributed by atoms with E-state index in [0.717, 1.165) is 41.1 Å². The Hall–Kier alpha value is -3.56. The van der Waals surface area contributed by atoms with Crippen molar-refractivity contribution in [2.24, 2.45) is 0 Å². The molecule has 0 saturated heterocycles. The second-order valence-corrected chi connectivity index (χ2v) is 12.4. The first kappa shape index (κ1) is 29.4. The number of nitrogens with zero attached hydrogens (tertiary/aromatic N) is 2. The molecule has 1 N–H and O–H groups in total. The van der Waals surface area contributed by atoms with Crippen molar-refractivity contribution in [3.63, 3.8) is 0 Å². The van der Waals surface area contributed by atoms with E-state index in [9.17, 15) is 22.4 Å². The summed E-state index contributed by atoms with van der Waals surface area (Å²) in [5, 5.41) is 3.09. The van der Waals surface area contributed by atoms with Crippen LogP contribution >= 0.6 is 0 Å². The predicted octanol–water partition coefficient (Wildman–Crippen LogP) is 4.45. The van der Waals surface area contributed by atoms with Gasteiger partial charge in [0.2, 0.25) is 21.8 Å². The van der Waals surface area contributed by atoms with Gasteiger partial charge < -0.3 is 10.2 Å². The SMILES string of the molecule is Cc1ccc(S(=O)(=O)N(C)CC(=O)N(Cc2ccccc2F)[C@@H](Cc2ccccc2)C(=O)NC2CCCC2)cc1. The Kier molecular flexibility index (Phi) is 9.71. The molecular weight excluding hydrogens is 529 g/mol. The van der Waals surface area contributed by atoms with Crippen LogP contribution in [0.15, 0.2) is 83.8 Å². The minimum Gasteiger partial charge on any atom is -0.352 e. The predicted molar refractivity (Wildman–Crippen MR) is 152 cm³/mol.